The van der Waals surface area contributed by atoms with Crippen LogP contribution in [-0.2, 0) is 11.4 Å². The fraction of sp³-hybridized carbons (Fsp3) is 0.556. The number of hydrogen-bond acceptors (Lipinski definition) is 3. The Morgan fingerprint density at radius 3 is 2.85 bits per heavy atom. The molecule has 74 valence electrons. The van der Waals surface area contributed by atoms with Crippen molar-refractivity contribution in [3.63, 3.8) is 0 Å². The molecule has 13 heavy (non-hydrogen) atoms. The van der Waals surface area contributed by atoms with Gasteiger partial charge in [0.2, 0.25) is 0 Å². The van der Waals surface area contributed by atoms with Crippen molar-refractivity contribution in [3.8, 4) is 0 Å². The number of rotatable bonds is 5. The lowest BCUT2D eigenvalue weighted by atomic mass is 10.2. The Bertz CT molecular complexity index is 250. The van der Waals surface area contributed by atoms with Crippen molar-refractivity contribution < 1.29 is 4.84 Å². The average molecular weight is 220 g/mol. The van der Waals surface area contributed by atoms with Crippen LogP contribution in [0, 0.1) is 5.92 Å². The van der Waals surface area contributed by atoms with Gasteiger partial charge in [0, 0.05) is 4.88 Å². The first-order chi connectivity index (χ1) is 6.18. The molecule has 0 aliphatic carbocycles. The lowest BCUT2D eigenvalue weighted by Crippen LogP contribution is -2.16. The number of hydrogen-bond donors (Lipinski definition) is 1. The number of thiophene rings is 1. The predicted molar refractivity (Wildman–Crippen MR) is 57.0 cm³/mol. The minimum atomic E-state index is 0.555. The van der Waals surface area contributed by atoms with Crippen LogP contribution in [0.15, 0.2) is 12.1 Å². The minimum absolute atomic E-state index is 0.555. The summed E-state index contributed by atoms with van der Waals surface area (Å²) in [5.41, 5.74) is 2.90. The van der Waals surface area contributed by atoms with Crippen LogP contribution in [0.2, 0.25) is 4.34 Å². The lowest BCUT2D eigenvalue weighted by Gasteiger charge is -2.06. The molecule has 1 aromatic heterocycles. The van der Waals surface area contributed by atoms with Crippen molar-refractivity contribution in [1.82, 2.24) is 5.48 Å². The number of nitrogens with one attached hydrogen (secondary N) is 1. The van der Waals surface area contributed by atoms with Crippen LogP contribution in [0.25, 0.3) is 0 Å². The minimum Gasteiger partial charge on any atom is -0.301 e. The Kier molecular flexibility index (Phi) is 4.73. The molecule has 0 saturated heterocycles. The molecule has 2 nitrogen and oxygen atoms in total. The maximum Gasteiger partial charge on any atom is 0.0931 e. The van der Waals surface area contributed by atoms with Gasteiger partial charge in [0.25, 0.3) is 0 Å². The van der Waals surface area contributed by atoms with Gasteiger partial charge >= 0.3 is 0 Å². The molecule has 0 saturated carbocycles. The van der Waals surface area contributed by atoms with Crippen molar-refractivity contribution >= 4 is 22.9 Å². The largest absolute Gasteiger partial charge is 0.301 e. The zero-order valence-corrected chi connectivity index (χ0v) is 9.41. The zero-order chi connectivity index (χ0) is 9.68. The normalized spacial score (nSPS) is 11.1. The van der Waals surface area contributed by atoms with Gasteiger partial charge in [0.1, 0.15) is 0 Å². The Morgan fingerprint density at radius 1 is 1.54 bits per heavy atom. The molecule has 0 radical (unpaired) electrons. The predicted octanol–water partition coefficient (Wildman–Crippen LogP) is 3.08. The quantitative estimate of drug-likeness (QED) is 0.607. The van der Waals surface area contributed by atoms with E-state index in [1.165, 1.54) is 4.88 Å². The van der Waals surface area contributed by atoms with Crippen LogP contribution >= 0.6 is 22.9 Å². The summed E-state index contributed by atoms with van der Waals surface area (Å²) in [6.45, 7) is 5.69. The first-order valence-corrected chi connectivity index (χ1v) is 5.47. The van der Waals surface area contributed by atoms with E-state index < -0.39 is 0 Å². The van der Waals surface area contributed by atoms with Crippen LogP contribution < -0.4 is 5.48 Å². The van der Waals surface area contributed by atoms with Crippen molar-refractivity contribution in [2.24, 2.45) is 5.92 Å². The summed E-state index contributed by atoms with van der Waals surface area (Å²) in [4.78, 5) is 6.41. The van der Waals surface area contributed by atoms with Crippen LogP contribution in [0.1, 0.15) is 18.7 Å². The first-order valence-electron chi connectivity index (χ1n) is 4.27. The second-order valence-corrected chi connectivity index (χ2v) is 5.03. The Labute approximate surface area is 87.8 Å². The molecule has 0 aliphatic heterocycles. The number of halogens is 1. The van der Waals surface area contributed by atoms with E-state index in [0.29, 0.717) is 5.92 Å². The Balaban J connectivity index is 2.13. The van der Waals surface area contributed by atoms with E-state index in [4.69, 9.17) is 16.4 Å². The van der Waals surface area contributed by atoms with Crippen molar-refractivity contribution in [3.05, 3.63) is 21.3 Å². The van der Waals surface area contributed by atoms with Crippen LogP contribution in [0.5, 0.6) is 0 Å². The van der Waals surface area contributed by atoms with Gasteiger partial charge in [-0.1, -0.05) is 25.4 Å². The molecule has 1 heterocycles. The maximum atomic E-state index is 5.77. The van der Waals surface area contributed by atoms with Gasteiger partial charge in [-0.15, -0.1) is 11.3 Å². The third kappa shape index (κ3) is 4.62. The Hall–Kier alpha value is -0.0900. The van der Waals surface area contributed by atoms with Gasteiger partial charge in [-0.2, -0.15) is 5.48 Å². The highest BCUT2D eigenvalue weighted by Crippen LogP contribution is 2.20. The highest BCUT2D eigenvalue weighted by atomic mass is 35.5. The molecule has 0 amide bonds. The van der Waals surface area contributed by atoms with E-state index in [9.17, 15) is 0 Å². The third-order valence-corrected chi connectivity index (χ3v) is 2.63. The van der Waals surface area contributed by atoms with Gasteiger partial charge in [-0.05, 0) is 18.1 Å². The summed E-state index contributed by atoms with van der Waals surface area (Å²) < 4.78 is 0.820. The highest BCUT2D eigenvalue weighted by molar-refractivity contribution is 7.16. The fourth-order valence-corrected chi connectivity index (χ4v) is 1.81. The van der Waals surface area contributed by atoms with E-state index in [2.05, 4.69) is 19.3 Å². The monoisotopic (exact) mass is 219 g/mol. The number of hydroxylamine groups is 1. The summed E-state index contributed by atoms with van der Waals surface area (Å²) in [6, 6.07) is 3.89. The molecule has 0 atom stereocenters. The summed E-state index contributed by atoms with van der Waals surface area (Å²) in [5, 5.41) is 0. The third-order valence-electron chi connectivity index (χ3n) is 1.39. The van der Waals surface area contributed by atoms with E-state index in [-0.39, 0.29) is 0 Å². The van der Waals surface area contributed by atoms with Crippen molar-refractivity contribution in [1.29, 1.82) is 0 Å². The smallest absolute Gasteiger partial charge is 0.0931 e. The van der Waals surface area contributed by atoms with Crippen molar-refractivity contribution in [2.75, 3.05) is 6.61 Å². The molecule has 0 spiro atoms. The second-order valence-electron chi connectivity index (χ2n) is 3.23. The van der Waals surface area contributed by atoms with E-state index in [1.807, 2.05) is 12.1 Å². The van der Waals surface area contributed by atoms with E-state index in [1.54, 1.807) is 11.3 Å². The molecule has 0 unspecified atom stereocenters. The fourth-order valence-electron chi connectivity index (χ4n) is 0.795. The molecular formula is C9H14ClNOS. The molecule has 0 bridgehead atoms. The summed E-state index contributed by atoms with van der Waals surface area (Å²) in [5.74, 6) is 0.555. The molecular weight excluding hydrogens is 206 g/mol. The van der Waals surface area contributed by atoms with Crippen molar-refractivity contribution in [2.45, 2.75) is 20.4 Å². The summed E-state index contributed by atoms with van der Waals surface area (Å²) in [6.07, 6.45) is 0. The van der Waals surface area contributed by atoms with Gasteiger partial charge in [0.05, 0.1) is 17.5 Å². The van der Waals surface area contributed by atoms with Crippen LogP contribution in [-0.4, -0.2) is 6.61 Å². The zero-order valence-electron chi connectivity index (χ0n) is 7.84. The second kappa shape index (κ2) is 5.60. The summed E-state index contributed by atoms with van der Waals surface area (Å²) in [7, 11) is 0. The molecule has 1 rings (SSSR count). The molecule has 0 aliphatic rings. The van der Waals surface area contributed by atoms with E-state index >= 15 is 0 Å². The van der Waals surface area contributed by atoms with Crippen LogP contribution in [0.3, 0.4) is 0 Å². The van der Waals surface area contributed by atoms with E-state index in [0.717, 1.165) is 17.5 Å². The van der Waals surface area contributed by atoms with Gasteiger partial charge in [-0.25, -0.2) is 0 Å². The van der Waals surface area contributed by atoms with Gasteiger partial charge < -0.3 is 4.84 Å². The molecule has 1 N–H and O–H groups in total. The molecule has 1 aromatic rings. The summed E-state index contributed by atoms with van der Waals surface area (Å²) >= 11 is 7.34. The molecule has 0 aromatic carbocycles. The average Bonchev–Trinajstić information content (AvgIpc) is 2.45. The molecule has 4 heteroatoms. The van der Waals surface area contributed by atoms with Gasteiger partial charge in [-0.3, -0.25) is 0 Å². The van der Waals surface area contributed by atoms with Crippen LogP contribution in [0.4, 0.5) is 0 Å². The first kappa shape index (κ1) is 11.0. The lowest BCUT2D eigenvalue weighted by molar-refractivity contribution is 0.0201. The topological polar surface area (TPSA) is 21.3 Å². The standard InChI is InChI=1S/C9H14ClNOS/c1-7(2)6-12-11-5-8-3-4-9(10)13-8/h3-4,7,11H,5-6H2,1-2H3. The SMILES string of the molecule is CC(C)CONCc1ccc(Cl)s1. The maximum absolute atomic E-state index is 5.77. The van der Waals surface area contributed by atoms with Gasteiger partial charge in [0.15, 0.2) is 0 Å². The molecule has 0 fully saturated rings. The highest BCUT2D eigenvalue weighted by Gasteiger charge is 1.97. The Morgan fingerprint density at radius 2 is 2.31 bits per heavy atom.